The van der Waals surface area contributed by atoms with Crippen molar-refractivity contribution in [2.75, 3.05) is 19.7 Å². The van der Waals surface area contributed by atoms with Crippen molar-refractivity contribution in [1.29, 1.82) is 0 Å². The number of urea groups is 1. The van der Waals surface area contributed by atoms with E-state index in [1.54, 1.807) is 0 Å². The van der Waals surface area contributed by atoms with Crippen molar-refractivity contribution in [3.8, 4) is 5.75 Å². The van der Waals surface area contributed by atoms with E-state index in [9.17, 15) is 9.90 Å². The molecule has 1 aromatic rings. The zero-order valence-electron chi connectivity index (χ0n) is 12.5. The number of carbonyl (C=O) groups excluding carboxylic acids is 1. The number of hydrogen-bond acceptors (Lipinski definition) is 3. The smallest absolute Gasteiger partial charge is 0.315 e. The summed E-state index contributed by atoms with van der Waals surface area (Å²) in [5.74, 6) is 0.833. The fourth-order valence-electron chi connectivity index (χ4n) is 2.56. The first-order valence-electron chi connectivity index (χ1n) is 7.52. The minimum Gasteiger partial charge on any atom is -0.491 e. The van der Waals surface area contributed by atoms with E-state index in [1.165, 1.54) is 0 Å². The zero-order chi connectivity index (χ0) is 15.1. The van der Waals surface area contributed by atoms with Crippen LogP contribution in [0.15, 0.2) is 24.3 Å². The second kappa shape index (κ2) is 7.31. The van der Waals surface area contributed by atoms with Crippen LogP contribution < -0.4 is 15.4 Å². The second-order valence-corrected chi connectivity index (χ2v) is 5.65. The van der Waals surface area contributed by atoms with Crippen LogP contribution in [0.4, 0.5) is 4.79 Å². The summed E-state index contributed by atoms with van der Waals surface area (Å²) in [7, 11) is 0. The van der Waals surface area contributed by atoms with Crippen LogP contribution in [0.1, 0.15) is 31.2 Å². The van der Waals surface area contributed by atoms with Gasteiger partial charge in [-0.25, -0.2) is 4.79 Å². The predicted molar refractivity (Wildman–Crippen MR) is 81.5 cm³/mol. The molecule has 3 N–H and O–H groups in total. The number of aliphatic hydroxyl groups is 1. The maximum atomic E-state index is 11.6. The molecule has 0 aliphatic heterocycles. The van der Waals surface area contributed by atoms with Crippen LogP contribution in [0.2, 0.25) is 0 Å². The van der Waals surface area contributed by atoms with E-state index in [2.05, 4.69) is 10.6 Å². The number of carbonyl (C=O) groups is 1. The minimum atomic E-state index is -0.713. The van der Waals surface area contributed by atoms with Gasteiger partial charge in [0.05, 0.1) is 12.1 Å². The van der Waals surface area contributed by atoms with Gasteiger partial charge in [0, 0.05) is 6.54 Å². The quantitative estimate of drug-likeness (QED) is 0.702. The van der Waals surface area contributed by atoms with Crippen molar-refractivity contribution in [2.24, 2.45) is 0 Å². The molecular formula is C16H24N2O3. The molecule has 5 nitrogen and oxygen atoms in total. The summed E-state index contributed by atoms with van der Waals surface area (Å²) in [6, 6.07) is 7.51. The summed E-state index contributed by atoms with van der Waals surface area (Å²) in [6.45, 7) is 3.15. The highest BCUT2D eigenvalue weighted by Gasteiger charge is 2.31. The SMILES string of the molecule is Cc1ccccc1OCCNC(=O)NCC1(O)CCCC1. The number of hydrogen-bond donors (Lipinski definition) is 3. The van der Waals surface area contributed by atoms with Crippen LogP contribution in [0.25, 0.3) is 0 Å². The van der Waals surface area contributed by atoms with Crippen molar-refractivity contribution < 1.29 is 14.6 Å². The Balaban J connectivity index is 1.60. The summed E-state index contributed by atoms with van der Waals surface area (Å²) in [5, 5.41) is 15.6. The molecule has 1 saturated carbocycles. The largest absolute Gasteiger partial charge is 0.491 e. The van der Waals surface area contributed by atoms with Crippen LogP contribution in [0.5, 0.6) is 5.75 Å². The molecule has 5 heteroatoms. The summed E-state index contributed by atoms with van der Waals surface area (Å²) in [5.41, 5.74) is 0.361. The van der Waals surface area contributed by atoms with Gasteiger partial charge < -0.3 is 20.5 Å². The van der Waals surface area contributed by atoms with Crippen molar-refractivity contribution >= 4 is 6.03 Å². The first-order valence-corrected chi connectivity index (χ1v) is 7.52. The van der Waals surface area contributed by atoms with Crippen LogP contribution in [0.3, 0.4) is 0 Å². The van der Waals surface area contributed by atoms with Gasteiger partial charge in [0.25, 0.3) is 0 Å². The Hall–Kier alpha value is -1.75. The maximum Gasteiger partial charge on any atom is 0.315 e. The molecule has 1 aliphatic carbocycles. The molecule has 1 fully saturated rings. The lowest BCUT2D eigenvalue weighted by Gasteiger charge is -2.22. The second-order valence-electron chi connectivity index (χ2n) is 5.65. The van der Waals surface area contributed by atoms with Crippen molar-refractivity contribution in [2.45, 2.75) is 38.2 Å². The molecule has 0 unspecified atom stereocenters. The van der Waals surface area contributed by atoms with Gasteiger partial charge in [0.1, 0.15) is 12.4 Å². The third-order valence-electron chi connectivity index (χ3n) is 3.85. The topological polar surface area (TPSA) is 70.6 Å². The van der Waals surface area contributed by atoms with Crippen LogP contribution in [-0.4, -0.2) is 36.4 Å². The number of amides is 2. The third kappa shape index (κ3) is 4.93. The van der Waals surface area contributed by atoms with Gasteiger partial charge >= 0.3 is 6.03 Å². The summed E-state index contributed by atoms with van der Waals surface area (Å²) in [6.07, 6.45) is 3.60. The molecular weight excluding hydrogens is 268 g/mol. The molecule has 0 heterocycles. The molecule has 0 bridgehead atoms. The van der Waals surface area contributed by atoms with Crippen LogP contribution >= 0.6 is 0 Å². The highest BCUT2D eigenvalue weighted by atomic mass is 16.5. The van der Waals surface area contributed by atoms with Gasteiger partial charge in [0.15, 0.2) is 0 Å². The number of rotatable bonds is 6. The van der Waals surface area contributed by atoms with Crippen molar-refractivity contribution in [3.63, 3.8) is 0 Å². The van der Waals surface area contributed by atoms with Gasteiger partial charge in [-0.1, -0.05) is 31.0 Å². The van der Waals surface area contributed by atoms with E-state index in [0.29, 0.717) is 19.7 Å². The number of ether oxygens (including phenoxy) is 1. The first kappa shape index (κ1) is 15.6. The number of nitrogens with one attached hydrogen (secondary N) is 2. The third-order valence-corrected chi connectivity index (χ3v) is 3.85. The Kier molecular flexibility index (Phi) is 5.44. The lowest BCUT2D eigenvalue weighted by atomic mass is 10.0. The average molecular weight is 292 g/mol. The Morgan fingerprint density at radius 3 is 2.71 bits per heavy atom. The van der Waals surface area contributed by atoms with Crippen molar-refractivity contribution in [3.05, 3.63) is 29.8 Å². The number of benzene rings is 1. The molecule has 2 amide bonds. The van der Waals surface area contributed by atoms with E-state index in [-0.39, 0.29) is 6.03 Å². The molecule has 0 radical (unpaired) electrons. The standard InChI is InChI=1S/C16H24N2O3/c1-13-6-2-3-7-14(13)21-11-10-17-15(19)18-12-16(20)8-4-5-9-16/h2-3,6-7,20H,4-5,8-12H2,1H3,(H2,17,18,19). The van der Waals surface area contributed by atoms with Crippen LogP contribution in [-0.2, 0) is 0 Å². The summed E-state index contributed by atoms with van der Waals surface area (Å²) in [4.78, 5) is 11.6. The summed E-state index contributed by atoms with van der Waals surface area (Å²) >= 11 is 0. The highest BCUT2D eigenvalue weighted by molar-refractivity contribution is 5.73. The maximum absolute atomic E-state index is 11.6. The van der Waals surface area contributed by atoms with Gasteiger partial charge in [-0.3, -0.25) is 0 Å². The Morgan fingerprint density at radius 1 is 1.29 bits per heavy atom. The van der Waals surface area contributed by atoms with Gasteiger partial charge in [0.2, 0.25) is 0 Å². The molecule has 0 atom stereocenters. The molecule has 1 aromatic carbocycles. The molecule has 1 aliphatic rings. The Morgan fingerprint density at radius 2 is 2.00 bits per heavy atom. The molecule has 0 spiro atoms. The normalized spacial score (nSPS) is 16.5. The van der Waals surface area contributed by atoms with E-state index in [0.717, 1.165) is 37.0 Å². The summed E-state index contributed by atoms with van der Waals surface area (Å²) < 4.78 is 5.59. The highest BCUT2D eigenvalue weighted by Crippen LogP contribution is 2.28. The minimum absolute atomic E-state index is 0.260. The van der Waals surface area contributed by atoms with E-state index in [1.807, 2.05) is 31.2 Å². The molecule has 0 saturated heterocycles. The number of aryl methyl sites for hydroxylation is 1. The van der Waals surface area contributed by atoms with Gasteiger partial charge in [-0.05, 0) is 31.4 Å². The first-order chi connectivity index (χ1) is 10.1. The Bertz CT molecular complexity index is 470. The number of para-hydroxylation sites is 1. The van der Waals surface area contributed by atoms with Crippen LogP contribution in [0, 0.1) is 6.92 Å². The van der Waals surface area contributed by atoms with E-state index >= 15 is 0 Å². The predicted octanol–water partition coefficient (Wildman–Crippen LogP) is 1.98. The molecule has 21 heavy (non-hydrogen) atoms. The van der Waals surface area contributed by atoms with Gasteiger partial charge in [-0.2, -0.15) is 0 Å². The molecule has 116 valence electrons. The molecule has 0 aromatic heterocycles. The van der Waals surface area contributed by atoms with E-state index in [4.69, 9.17) is 4.74 Å². The average Bonchev–Trinajstić information content (AvgIpc) is 2.90. The van der Waals surface area contributed by atoms with Crippen molar-refractivity contribution in [1.82, 2.24) is 10.6 Å². The fraction of sp³-hybridized carbons (Fsp3) is 0.562. The lowest BCUT2D eigenvalue weighted by molar-refractivity contribution is 0.0501. The fourth-order valence-corrected chi connectivity index (χ4v) is 2.56. The molecule has 2 rings (SSSR count). The van der Waals surface area contributed by atoms with Gasteiger partial charge in [-0.15, -0.1) is 0 Å². The lowest BCUT2D eigenvalue weighted by Crippen LogP contribution is -2.45. The monoisotopic (exact) mass is 292 g/mol. The Labute approximate surface area is 125 Å². The van der Waals surface area contributed by atoms with E-state index < -0.39 is 5.60 Å². The zero-order valence-corrected chi connectivity index (χ0v) is 12.5.